The second kappa shape index (κ2) is 9.16. The Labute approximate surface area is 178 Å². The molecule has 8 heteroatoms. The van der Waals surface area contributed by atoms with E-state index in [1.807, 2.05) is 13.8 Å². The Kier molecular flexibility index (Phi) is 6.80. The van der Waals surface area contributed by atoms with E-state index in [0.717, 1.165) is 34.9 Å². The summed E-state index contributed by atoms with van der Waals surface area (Å²) in [5.74, 6) is 0.259. The molecule has 0 radical (unpaired) electrons. The number of amides is 1. The topological polar surface area (TPSA) is 84.9 Å². The molecule has 1 atom stereocenters. The number of rotatable bonds is 7. The molecule has 0 bridgehead atoms. The van der Waals surface area contributed by atoms with Crippen LogP contribution in [0.2, 0.25) is 0 Å². The third-order valence-corrected chi connectivity index (χ3v) is 7.02. The minimum Gasteiger partial charge on any atom is -0.491 e. The first-order valence-electron chi connectivity index (χ1n) is 9.88. The Hall–Kier alpha value is -2.42. The van der Waals surface area contributed by atoms with Gasteiger partial charge in [-0.1, -0.05) is 6.07 Å². The molecule has 2 aromatic carbocycles. The van der Waals surface area contributed by atoms with Crippen molar-refractivity contribution in [1.29, 1.82) is 0 Å². The summed E-state index contributed by atoms with van der Waals surface area (Å²) in [5, 5.41) is 2.84. The summed E-state index contributed by atoms with van der Waals surface area (Å²) in [7, 11) is -0.657. The maximum absolute atomic E-state index is 12.8. The smallest absolute Gasteiger partial charge is 0.255 e. The van der Waals surface area contributed by atoms with Crippen molar-refractivity contribution in [3.63, 3.8) is 0 Å². The van der Waals surface area contributed by atoms with E-state index >= 15 is 0 Å². The van der Waals surface area contributed by atoms with Gasteiger partial charge in [-0.05, 0) is 68.1 Å². The van der Waals surface area contributed by atoms with Crippen molar-refractivity contribution < 1.29 is 22.7 Å². The van der Waals surface area contributed by atoms with Crippen LogP contribution in [-0.4, -0.2) is 52.0 Å². The molecule has 1 heterocycles. The number of hydrogen-bond donors (Lipinski definition) is 1. The van der Waals surface area contributed by atoms with E-state index in [0.29, 0.717) is 23.6 Å². The van der Waals surface area contributed by atoms with Gasteiger partial charge < -0.3 is 14.8 Å². The standard InChI is InChI=1S/C22H28N2O5S/c1-15-11-20(30(26,27)24(3)4)13-21(16(15)2)23-22(25)17-7-5-8-18(12-17)29-14-19-9-6-10-28-19/h5,7-8,11-13,19H,6,9-10,14H2,1-4H3,(H,23,25). The van der Waals surface area contributed by atoms with Crippen LogP contribution in [0.15, 0.2) is 41.3 Å². The van der Waals surface area contributed by atoms with Gasteiger partial charge >= 0.3 is 0 Å². The summed E-state index contributed by atoms with van der Waals surface area (Å²) >= 11 is 0. The number of carbonyl (C=O) groups excluding carboxylic acids is 1. The van der Waals surface area contributed by atoms with Crippen molar-refractivity contribution in [2.45, 2.75) is 37.7 Å². The number of carbonyl (C=O) groups is 1. The Morgan fingerprint density at radius 2 is 2.00 bits per heavy atom. The number of hydrogen-bond acceptors (Lipinski definition) is 5. The second-order valence-corrected chi connectivity index (χ2v) is 9.78. The summed E-state index contributed by atoms with van der Waals surface area (Å²) < 4.78 is 37.5. The average molecular weight is 433 g/mol. The monoisotopic (exact) mass is 432 g/mol. The zero-order chi connectivity index (χ0) is 21.9. The molecular formula is C22H28N2O5S. The minimum atomic E-state index is -3.61. The molecule has 3 rings (SSSR count). The van der Waals surface area contributed by atoms with E-state index in [-0.39, 0.29) is 16.9 Å². The van der Waals surface area contributed by atoms with Crippen LogP contribution in [0.3, 0.4) is 0 Å². The van der Waals surface area contributed by atoms with Crippen molar-refractivity contribution in [3.05, 3.63) is 53.1 Å². The molecule has 1 unspecified atom stereocenters. The van der Waals surface area contributed by atoms with Gasteiger partial charge in [0.25, 0.3) is 5.91 Å². The van der Waals surface area contributed by atoms with Crippen LogP contribution in [0.5, 0.6) is 5.75 Å². The predicted octanol–water partition coefficient (Wildman–Crippen LogP) is 3.36. The van der Waals surface area contributed by atoms with Crippen LogP contribution >= 0.6 is 0 Å². The van der Waals surface area contributed by atoms with Crippen LogP contribution < -0.4 is 10.1 Å². The van der Waals surface area contributed by atoms with Crippen molar-refractivity contribution >= 4 is 21.6 Å². The lowest BCUT2D eigenvalue weighted by atomic mass is 10.1. The number of aryl methyl sites for hydroxylation is 1. The van der Waals surface area contributed by atoms with Crippen LogP contribution in [0.4, 0.5) is 5.69 Å². The number of benzene rings is 2. The SMILES string of the molecule is Cc1cc(S(=O)(=O)N(C)C)cc(NC(=O)c2cccc(OCC3CCCO3)c2)c1C. The number of ether oxygens (including phenoxy) is 2. The Morgan fingerprint density at radius 1 is 1.23 bits per heavy atom. The molecule has 30 heavy (non-hydrogen) atoms. The van der Waals surface area contributed by atoms with E-state index in [1.165, 1.54) is 20.2 Å². The first kappa shape index (κ1) is 22.3. The number of sulfonamides is 1. The highest BCUT2D eigenvalue weighted by molar-refractivity contribution is 7.89. The molecular weight excluding hydrogens is 404 g/mol. The number of nitrogens with one attached hydrogen (secondary N) is 1. The van der Waals surface area contributed by atoms with Gasteiger partial charge in [0.05, 0.1) is 11.0 Å². The average Bonchev–Trinajstić information content (AvgIpc) is 3.23. The molecule has 0 saturated carbocycles. The summed E-state index contributed by atoms with van der Waals surface area (Å²) in [6.07, 6.45) is 2.11. The van der Waals surface area contributed by atoms with Crippen molar-refractivity contribution in [1.82, 2.24) is 4.31 Å². The Balaban J connectivity index is 1.78. The summed E-state index contributed by atoms with van der Waals surface area (Å²) in [5.41, 5.74) is 2.48. The Morgan fingerprint density at radius 3 is 2.67 bits per heavy atom. The van der Waals surface area contributed by atoms with Crippen molar-refractivity contribution in [3.8, 4) is 5.75 Å². The van der Waals surface area contributed by atoms with Crippen LogP contribution in [0, 0.1) is 13.8 Å². The van der Waals surface area contributed by atoms with E-state index in [9.17, 15) is 13.2 Å². The zero-order valence-electron chi connectivity index (χ0n) is 17.8. The van der Waals surface area contributed by atoms with E-state index < -0.39 is 10.0 Å². The fraction of sp³-hybridized carbons (Fsp3) is 0.409. The molecule has 0 spiro atoms. The molecule has 1 saturated heterocycles. The third-order valence-electron chi connectivity index (χ3n) is 5.22. The lowest BCUT2D eigenvalue weighted by molar-refractivity contribution is 0.0679. The fourth-order valence-corrected chi connectivity index (χ4v) is 4.22. The largest absolute Gasteiger partial charge is 0.491 e. The maximum atomic E-state index is 12.8. The molecule has 7 nitrogen and oxygen atoms in total. The Bertz CT molecular complexity index is 1030. The highest BCUT2D eigenvalue weighted by Crippen LogP contribution is 2.26. The molecule has 1 fully saturated rings. The van der Waals surface area contributed by atoms with Crippen LogP contribution in [-0.2, 0) is 14.8 Å². The van der Waals surface area contributed by atoms with Crippen LogP contribution in [0.1, 0.15) is 34.3 Å². The molecule has 0 aliphatic carbocycles. The maximum Gasteiger partial charge on any atom is 0.255 e. The van der Waals surface area contributed by atoms with Crippen LogP contribution in [0.25, 0.3) is 0 Å². The van der Waals surface area contributed by atoms with Crippen molar-refractivity contribution in [2.75, 3.05) is 32.6 Å². The summed E-state index contributed by atoms with van der Waals surface area (Å²) in [6, 6.07) is 10.0. The number of nitrogens with zero attached hydrogens (tertiary/aromatic N) is 1. The normalized spacial score (nSPS) is 16.6. The van der Waals surface area contributed by atoms with Gasteiger partial charge in [0.2, 0.25) is 10.0 Å². The fourth-order valence-electron chi connectivity index (χ4n) is 3.20. The number of anilines is 1. The van der Waals surface area contributed by atoms with Gasteiger partial charge in [-0.2, -0.15) is 0 Å². The minimum absolute atomic E-state index is 0.0921. The molecule has 162 valence electrons. The molecule has 1 aliphatic heterocycles. The second-order valence-electron chi connectivity index (χ2n) is 7.63. The van der Waals surface area contributed by atoms with E-state index in [2.05, 4.69) is 5.32 Å². The highest BCUT2D eigenvalue weighted by atomic mass is 32.2. The molecule has 1 aliphatic rings. The summed E-state index contributed by atoms with van der Waals surface area (Å²) in [6.45, 7) is 4.88. The highest BCUT2D eigenvalue weighted by Gasteiger charge is 2.21. The van der Waals surface area contributed by atoms with Gasteiger partial charge in [-0.3, -0.25) is 4.79 Å². The van der Waals surface area contributed by atoms with E-state index in [4.69, 9.17) is 9.47 Å². The lowest BCUT2D eigenvalue weighted by Gasteiger charge is -2.17. The lowest BCUT2D eigenvalue weighted by Crippen LogP contribution is -2.23. The van der Waals surface area contributed by atoms with Gasteiger partial charge in [0, 0.05) is 32.0 Å². The first-order chi connectivity index (χ1) is 14.2. The molecule has 1 N–H and O–H groups in total. The first-order valence-corrected chi connectivity index (χ1v) is 11.3. The summed E-state index contributed by atoms with van der Waals surface area (Å²) in [4.78, 5) is 13.0. The van der Waals surface area contributed by atoms with Crippen molar-refractivity contribution in [2.24, 2.45) is 0 Å². The molecule has 0 aromatic heterocycles. The quantitative estimate of drug-likeness (QED) is 0.725. The zero-order valence-corrected chi connectivity index (χ0v) is 18.6. The molecule has 2 aromatic rings. The van der Waals surface area contributed by atoms with Gasteiger partial charge in [-0.15, -0.1) is 0 Å². The van der Waals surface area contributed by atoms with Gasteiger partial charge in [0.15, 0.2) is 0 Å². The molecule has 1 amide bonds. The third kappa shape index (κ3) is 5.00. The van der Waals surface area contributed by atoms with Gasteiger partial charge in [0.1, 0.15) is 12.4 Å². The predicted molar refractivity (Wildman–Crippen MR) is 116 cm³/mol. The van der Waals surface area contributed by atoms with Gasteiger partial charge in [-0.25, -0.2) is 12.7 Å². The van der Waals surface area contributed by atoms with E-state index in [1.54, 1.807) is 30.3 Å².